The smallest absolute Gasteiger partial charge is 0.328 e. The fourth-order valence-corrected chi connectivity index (χ4v) is 11.6. The molecule has 4 aliphatic carbocycles. The van der Waals surface area contributed by atoms with Crippen molar-refractivity contribution in [2.75, 3.05) is 6.54 Å². The molecule has 1 aromatic carbocycles. The maximum atomic E-state index is 13.9. The number of carbonyl (C=O) groups is 4. The molecule has 9 heteroatoms. The molecule has 0 radical (unpaired) electrons. The van der Waals surface area contributed by atoms with Crippen LogP contribution in [0.2, 0.25) is 0 Å². The van der Waals surface area contributed by atoms with Gasteiger partial charge in [0, 0.05) is 12.8 Å². The summed E-state index contributed by atoms with van der Waals surface area (Å²) in [4.78, 5) is 52.7. The third-order valence-electron chi connectivity index (χ3n) is 14.6. The summed E-state index contributed by atoms with van der Waals surface area (Å²) in [6.45, 7) is 17.6. The van der Waals surface area contributed by atoms with Crippen molar-refractivity contribution in [3.05, 3.63) is 47.5 Å². The highest BCUT2D eigenvalue weighted by molar-refractivity contribution is 5.92. The number of nitrogens with two attached hydrogens (primary N) is 1. The first-order valence-corrected chi connectivity index (χ1v) is 22.1. The molecule has 4 aliphatic rings. The molecule has 9 nitrogen and oxygen atoms in total. The maximum absolute atomic E-state index is 13.9. The van der Waals surface area contributed by atoms with Gasteiger partial charge in [-0.15, -0.1) is 0 Å². The standard InChI is InChI=1S/C47H74N4O5/c1-29(2)13-12-14-31(5)37-19-20-38-36-18-17-34-27-35(21-23-46(34,7)39(36)22-24-47(37,38)8)56-45(55)41(25-30(3)4)51-44(54)40(26-33-15-10-9-11-16-33)50-42(52)28-49-43(53)32(6)48/h9-11,15-17,29-32,35-41H,12-14,18-28,48H2,1-8H3,(H,49,53)(H,50,52)(H,51,54)/t31-,32-,35+,36+,37-,38+,39+,40+,41-,46+,47-/m1/s1. The predicted octanol–water partition coefficient (Wildman–Crippen LogP) is 7.66. The Balaban J connectivity index is 1.22. The summed E-state index contributed by atoms with van der Waals surface area (Å²) in [7, 11) is 0. The normalized spacial score (nSPS) is 30.5. The molecule has 56 heavy (non-hydrogen) atoms. The van der Waals surface area contributed by atoms with Gasteiger partial charge in [-0.2, -0.15) is 0 Å². The van der Waals surface area contributed by atoms with Crippen LogP contribution in [0.1, 0.15) is 138 Å². The highest BCUT2D eigenvalue weighted by atomic mass is 16.5. The number of carbonyl (C=O) groups excluding carboxylic acids is 4. The van der Waals surface area contributed by atoms with Crippen LogP contribution in [-0.2, 0) is 30.3 Å². The van der Waals surface area contributed by atoms with E-state index in [2.05, 4.69) is 56.6 Å². The zero-order valence-electron chi connectivity index (χ0n) is 35.8. The van der Waals surface area contributed by atoms with Gasteiger partial charge in [0.2, 0.25) is 17.7 Å². The Bertz CT molecular complexity index is 1540. The Kier molecular flexibility index (Phi) is 14.9. The highest BCUT2D eigenvalue weighted by Crippen LogP contribution is 2.67. The van der Waals surface area contributed by atoms with Crippen molar-refractivity contribution in [3.8, 4) is 0 Å². The van der Waals surface area contributed by atoms with E-state index in [4.69, 9.17) is 10.5 Å². The first-order valence-electron chi connectivity index (χ1n) is 22.1. The number of amides is 3. The monoisotopic (exact) mass is 775 g/mol. The van der Waals surface area contributed by atoms with Crippen LogP contribution in [0.3, 0.4) is 0 Å². The van der Waals surface area contributed by atoms with E-state index >= 15 is 0 Å². The Morgan fingerprint density at radius 3 is 2.25 bits per heavy atom. The fourth-order valence-electron chi connectivity index (χ4n) is 11.6. The van der Waals surface area contributed by atoms with Crippen molar-refractivity contribution in [3.63, 3.8) is 0 Å². The van der Waals surface area contributed by atoms with E-state index in [1.807, 2.05) is 44.2 Å². The second-order valence-electron chi connectivity index (χ2n) is 19.6. The number of rotatable bonds is 17. The lowest BCUT2D eigenvalue weighted by molar-refractivity contribution is -0.156. The number of benzene rings is 1. The molecule has 0 unspecified atom stereocenters. The number of esters is 1. The zero-order valence-corrected chi connectivity index (χ0v) is 35.8. The molecule has 0 aliphatic heterocycles. The summed E-state index contributed by atoms with van der Waals surface area (Å²) < 4.78 is 6.28. The number of fused-ring (bicyclic) bond motifs is 5. The van der Waals surface area contributed by atoms with Crippen LogP contribution in [0.4, 0.5) is 0 Å². The van der Waals surface area contributed by atoms with Crippen LogP contribution in [0.25, 0.3) is 0 Å². The number of ether oxygens (including phenoxy) is 1. The Hall–Kier alpha value is -3.20. The van der Waals surface area contributed by atoms with Crippen LogP contribution < -0.4 is 21.7 Å². The lowest BCUT2D eigenvalue weighted by Gasteiger charge is -2.58. The van der Waals surface area contributed by atoms with Gasteiger partial charge in [-0.1, -0.05) is 110 Å². The molecule has 5 N–H and O–H groups in total. The van der Waals surface area contributed by atoms with E-state index in [1.165, 1.54) is 57.4 Å². The van der Waals surface area contributed by atoms with Crippen molar-refractivity contribution in [2.45, 2.75) is 163 Å². The van der Waals surface area contributed by atoms with Gasteiger partial charge in [0.1, 0.15) is 18.2 Å². The third-order valence-corrected chi connectivity index (χ3v) is 14.6. The number of nitrogens with one attached hydrogen (secondary N) is 3. The van der Waals surface area contributed by atoms with Gasteiger partial charge in [-0.3, -0.25) is 14.4 Å². The second-order valence-corrected chi connectivity index (χ2v) is 19.6. The van der Waals surface area contributed by atoms with Gasteiger partial charge in [0.25, 0.3) is 0 Å². The molecule has 0 bridgehead atoms. The van der Waals surface area contributed by atoms with E-state index in [0.29, 0.717) is 17.8 Å². The van der Waals surface area contributed by atoms with Crippen LogP contribution in [-0.4, -0.2) is 54.5 Å². The van der Waals surface area contributed by atoms with Gasteiger partial charge in [-0.05, 0) is 116 Å². The lowest BCUT2D eigenvalue weighted by atomic mass is 9.47. The average molecular weight is 775 g/mol. The van der Waals surface area contributed by atoms with E-state index in [0.717, 1.165) is 60.8 Å². The molecule has 0 spiro atoms. The van der Waals surface area contributed by atoms with Crippen LogP contribution in [0.5, 0.6) is 0 Å². The summed E-state index contributed by atoms with van der Waals surface area (Å²) >= 11 is 0. The lowest BCUT2D eigenvalue weighted by Crippen LogP contribution is -2.55. The summed E-state index contributed by atoms with van der Waals surface area (Å²) in [5, 5.41) is 8.21. The molecule has 1 aromatic rings. The Labute approximate surface area is 337 Å². The average Bonchev–Trinajstić information content (AvgIpc) is 3.50. The molecule has 11 atom stereocenters. The van der Waals surface area contributed by atoms with Gasteiger partial charge in [-0.25, -0.2) is 4.79 Å². The summed E-state index contributed by atoms with van der Waals surface area (Å²) in [5.74, 6) is 2.90. The molecular formula is C47H74N4O5. The molecule has 0 aromatic heterocycles. The first kappa shape index (κ1) is 43.9. The van der Waals surface area contributed by atoms with Crippen molar-refractivity contribution < 1.29 is 23.9 Å². The molecule has 0 saturated heterocycles. The Morgan fingerprint density at radius 1 is 0.839 bits per heavy atom. The van der Waals surface area contributed by atoms with Crippen molar-refractivity contribution >= 4 is 23.7 Å². The molecule has 3 fully saturated rings. The van der Waals surface area contributed by atoms with Crippen molar-refractivity contribution in [1.29, 1.82) is 0 Å². The third kappa shape index (κ3) is 10.5. The Morgan fingerprint density at radius 2 is 1.57 bits per heavy atom. The molecule has 5 rings (SSSR count). The summed E-state index contributed by atoms with van der Waals surface area (Å²) in [6.07, 6.45) is 16.1. The van der Waals surface area contributed by atoms with Gasteiger partial charge >= 0.3 is 5.97 Å². The van der Waals surface area contributed by atoms with Gasteiger partial charge in [0.15, 0.2) is 0 Å². The molecular weight excluding hydrogens is 701 g/mol. The molecule has 0 heterocycles. The van der Waals surface area contributed by atoms with E-state index in [9.17, 15) is 19.2 Å². The zero-order chi connectivity index (χ0) is 40.8. The van der Waals surface area contributed by atoms with Crippen molar-refractivity contribution in [1.82, 2.24) is 16.0 Å². The molecule has 3 saturated carbocycles. The minimum Gasteiger partial charge on any atom is -0.461 e. The predicted molar refractivity (Wildman–Crippen MR) is 223 cm³/mol. The topological polar surface area (TPSA) is 140 Å². The molecule has 3 amide bonds. The second kappa shape index (κ2) is 19.0. The van der Waals surface area contributed by atoms with Crippen molar-refractivity contribution in [2.24, 2.45) is 58.0 Å². The molecule has 312 valence electrons. The first-order chi connectivity index (χ1) is 26.5. The highest BCUT2D eigenvalue weighted by Gasteiger charge is 2.59. The SMILES string of the molecule is CC(C)CCC[C@@H](C)[C@H]1CC[C@H]2[C@@H]3CC=C4C[C@@H](OC(=O)[C@@H](CC(C)C)NC(=O)[C@H](Cc5ccccc5)NC(=O)CNC(=O)[C@@H](C)N)CC[C@]4(C)[C@H]3CC[C@]12C. The number of hydrogen-bond donors (Lipinski definition) is 4. The van der Waals surface area contributed by atoms with Crippen LogP contribution in [0.15, 0.2) is 42.0 Å². The van der Waals surface area contributed by atoms with E-state index in [1.54, 1.807) is 0 Å². The van der Waals surface area contributed by atoms with Crippen LogP contribution in [0, 0.1) is 52.3 Å². The summed E-state index contributed by atoms with van der Waals surface area (Å²) in [6, 6.07) is 6.82. The maximum Gasteiger partial charge on any atom is 0.328 e. The minimum atomic E-state index is -0.962. The van der Waals surface area contributed by atoms with E-state index in [-0.39, 0.29) is 30.4 Å². The quantitative estimate of drug-likeness (QED) is 0.0947. The fraction of sp³-hybridized carbons (Fsp3) is 0.745. The largest absolute Gasteiger partial charge is 0.461 e. The number of hydrogen-bond acceptors (Lipinski definition) is 6. The summed E-state index contributed by atoms with van der Waals surface area (Å²) in [5.41, 5.74) is 8.54. The van der Waals surface area contributed by atoms with E-state index < -0.39 is 41.8 Å². The number of allylic oxidation sites excluding steroid dienone is 1. The van der Waals surface area contributed by atoms with Gasteiger partial charge in [0.05, 0.1) is 12.6 Å². The minimum absolute atomic E-state index is 0.117. The van der Waals surface area contributed by atoms with Gasteiger partial charge < -0.3 is 26.4 Å². The van der Waals surface area contributed by atoms with Crippen LogP contribution >= 0.6 is 0 Å².